The van der Waals surface area contributed by atoms with E-state index in [1.165, 1.54) is 0 Å². The van der Waals surface area contributed by atoms with Crippen molar-refractivity contribution in [3.8, 4) is 11.8 Å². The topological polar surface area (TPSA) is 56.5 Å². The summed E-state index contributed by atoms with van der Waals surface area (Å²) in [7, 11) is 1.63. The first kappa shape index (κ1) is 16.2. The Morgan fingerprint density at radius 2 is 2.19 bits per heavy atom. The smallest absolute Gasteiger partial charge is 0.119 e. The highest BCUT2D eigenvalue weighted by Gasteiger charge is 2.34. The van der Waals surface area contributed by atoms with Gasteiger partial charge in [-0.05, 0) is 36.8 Å². The lowest BCUT2D eigenvalue weighted by Gasteiger charge is -2.37. The maximum atomic E-state index is 10.4. The van der Waals surface area contributed by atoms with Crippen molar-refractivity contribution in [2.45, 2.75) is 23.7 Å². The van der Waals surface area contributed by atoms with Crippen molar-refractivity contribution in [3.63, 3.8) is 0 Å². The van der Waals surface area contributed by atoms with Crippen molar-refractivity contribution < 1.29 is 9.84 Å². The van der Waals surface area contributed by atoms with E-state index in [1.807, 2.05) is 30.5 Å². The van der Waals surface area contributed by atoms with Crippen molar-refractivity contribution in [1.82, 2.24) is 4.90 Å². The van der Waals surface area contributed by atoms with Crippen LogP contribution in [0.15, 0.2) is 24.3 Å². The molecule has 114 valence electrons. The summed E-state index contributed by atoms with van der Waals surface area (Å²) in [6, 6.07) is 9.99. The molecule has 1 atom stereocenters. The van der Waals surface area contributed by atoms with Gasteiger partial charge in [0.15, 0.2) is 0 Å². The third-order valence-electron chi connectivity index (χ3n) is 4.17. The monoisotopic (exact) mass is 306 g/mol. The van der Waals surface area contributed by atoms with E-state index in [1.54, 1.807) is 18.9 Å². The molecule has 0 radical (unpaired) electrons. The minimum Gasteiger partial charge on any atom is -0.497 e. The fraction of sp³-hybridized carbons (Fsp3) is 0.562. The standard InChI is InChI=1S/C16H22N2O2S/c1-20-14-5-3-4-13(10-14)15(19)11-18-8-6-16(12-17,21-2)7-9-18/h3-5,10,15,19H,6-9,11H2,1-2H3. The van der Waals surface area contributed by atoms with E-state index in [-0.39, 0.29) is 4.75 Å². The van der Waals surface area contributed by atoms with Crippen LogP contribution in [-0.2, 0) is 0 Å². The van der Waals surface area contributed by atoms with Crippen LogP contribution in [0.4, 0.5) is 0 Å². The number of likely N-dealkylation sites (tertiary alicyclic amines) is 1. The molecule has 1 fully saturated rings. The summed E-state index contributed by atoms with van der Waals surface area (Å²) in [4.78, 5) is 2.23. The van der Waals surface area contributed by atoms with Gasteiger partial charge in [0.1, 0.15) is 10.5 Å². The maximum absolute atomic E-state index is 10.4. The van der Waals surface area contributed by atoms with Crippen molar-refractivity contribution in [3.05, 3.63) is 29.8 Å². The Labute approximate surface area is 130 Å². The van der Waals surface area contributed by atoms with Crippen LogP contribution in [0, 0.1) is 11.3 Å². The van der Waals surface area contributed by atoms with Gasteiger partial charge in [-0.3, -0.25) is 0 Å². The second-order valence-corrected chi connectivity index (χ2v) is 6.59. The van der Waals surface area contributed by atoms with Crippen LogP contribution in [0.1, 0.15) is 24.5 Å². The second kappa shape index (κ2) is 7.17. The number of ether oxygens (including phenoxy) is 1. The van der Waals surface area contributed by atoms with Crippen LogP contribution in [0.3, 0.4) is 0 Å². The number of hydrogen-bond acceptors (Lipinski definition) is 5. The minimum absolute atomic E-state index is 0.239. The number of benzene rings is 1. The first-order valence-corrected chi connectivity index (χ1v) is 8.36. The van der Waals surface area contributed by atoms with Gasteiger partial charge in [-0.15, -0.1) is 11.8 Å². The van der Waals surface area contributed by atoms with E-state index in [9.17, 15) is 10.4 Å². The summed E-state index contributed by atoms with van der Waals surface area (Å²) in [6.07, 6.45) is 3.19. The van der Waals surface area contributed by atoms with Crippen molar-refractivity contribution in [1.29, 1.82) is 5.26 Å². The molecule has 0 saturated carbocycles. The summed E-state index contributed by atoms with van der Waals surface area (Å²) >= 11 is 1.65. The highest BCUT2D eigenvalue weighted by molar-refractivity contribution is 8.00. The molecular formula is C16H22N2O2S. The SMILES string of the molecule is COc1cccc(C(O)CN2CCC(C#N)(SC)CC2)c1. The predicted octanol–water partition coefficient (Wildman–Crippen LogP) is 2.45. The number of aliphatic hydroxyl groups is 1. The van der Waals surface area contributed by atoms with Gasteiger partial charge in [0, 0.05) is 19.6 Å². The van der Waals surface area contributed by atoms with E-state index < -0.39 is 6.10 Å². The number of β-amino-alcohol motifs (C(OH)–C–C–N with tert-alkyl or cyclic N) is 1. The van der Waals surface area contributed by atoms with Crippen LogP contribution in [0.25, 0.3) is 0 Å². The van der Waals surface area contributed by atoms with Crippen molar-refractivity contribution >= 4 is 11.8 Å². The third kappa shape index (κ3) is 3.91. The first-order chi connectivity index (χ1) is 10.1. The third-order valence-corrected chi connectivity index (χ3v) is 5.45. The maximum Gasteiger partial charge on any atom is 0.119 e. The molecule has 1 aliphatic heterocycles. The van der Waals surface area contributed by atoms with Gasteiger partial charge in [0.2, 0.25) is 0 Å². The average molecular weight is 306 g/mol. The number of aliphatic hydroxyl groups excluding tert-OH is 1. The molecule has 2 rings (SSSR count). The fourth-order valence-electron chi connectivity index (χ4n) is 2.66. The fourth-order valence-corrected chi connectivity index (χ4v) is 3.34. The predicted molar refractivity (Wildman–Crippen MR) is 85.5 cm³/mol. The zero-order chi connectivity index (χ0) is 15.3. The van der Waals surface area contributed by atoms with E-state index in [2.05, 4.69) is 11.0 Å². The number of nitrogens with zero attached hydrogens (tertiary/aromatic N) is 2. The molecule has 0 bridgehead atoms. The Morgan fingerprint density at radius 3 is 2.76 bits per heavy atom. The molecule has 0 spiro atoms. The highest BCUT2D eigenvalue weighted by atomic mass is 32.2. The summed E-state index contributed by atoms with van der Waals surface area (Å²) < 4.78 is 4.95. The second-order valence-electron chi connectivity index (χ2n) is 5.40. The zero-order valence-electron chi connectivity index (χ0n) is 12.6. The average Bonchev–Trinajstić information content (AvgIpc) is 2.56. The molecule has 4 nitrogen and oxygen atoms in total. The van der Waals surface area contributed by atoms with Crippen LogP contribution in [-0.4, -0.2) is 47.8 Å². The van der Waals surface area contributed by atoms with E-state index >= 15 is 0 Å². The molecule has 21 heavy (non-hydrogen) atoms. The van der Waals surface area contributed by atoms with E-state index in [0.717, 1.165) is 37.2 Å². The normalized spacial score (nSPS) is 19.7. The van der Waals surface area contributed by atoms with Crippen LogP contribution in [0.5, 0.6) is 5.75 Å². The molecular weight excluding hydrogens is 284 g/mol. The summed E-state index contributed by atoms with van der Waals surface area (Å²) in [5, 5.41) is 19.7. The summed E-state index contributed by atoms with van der Waals surface area (Å²) in [5.74, 6) is 0.760. The van der Waals surface area contributed by atoms with Crippen LogP contribution in [0.2, 0.25) is 0 Å². The number of nitriles is 1. The molecule has 0 aliphatic carbocycles. The molecule has 1 N–H and O–H groups in total. The number of piperidine rings is 1. The Hall–Kier alpha value is -1.22. The van der Waals surface area contributed by atoms with E-state index in [0.29, 0.717) is 6.54 Å². The lowest BCUT2D eigenvalue weighted by molar-refractivity contribution is 0.0983. The molecule has 1 saturated heterocycles. The summed E-state index contributed by atoms with van der Waals surface area (Å²) in [6.45, 7) is 2.31. The van der Waals surface area contributed by atoms with Gasteiger partial charge in [-0.1, -0.05) is 12.1 Å². The minimum atomic E-state index is -0.524. The van der Waals surface area contributed by atoms with Gasteiger partial charge >= 0.3 is 0 Å². The molecule has 1 aromatic rings. The number of thioether (sulfide) groups is 1. The highest BCUT2D eigenvalue weighted by Crippen LogP contribution is 2.34. The van der Waals surface area contributed by atoms with Crippen LogP contribution < -0.4 is 4.74 Å². The largest absolute Gasteiger partial charge is 0.497 e. The molecule has 1 aromatic carbocycles. The van der Waals surface area contributed by atoms with E-state index in [4.69, 9.17) is 4.74 Å². The number of rotatable bonds is 5. The number of hydrogen-bond donors (Lipinski definition) is 1. The van der Waals surface area contributed by atoms with Gasteiger partial charge in [-0.25, -0.2) is 0 Å². The summed E-state index contributed by atoms with van der Waals surface area (Å²) in [5.41, 5.74) is 0.872. The Balaban J connectivity index is 1.92. The molecule has 0 amide bonds. The molecule has 1 aliphatic rings. The Morgan fingerprint density at radius 1 is 1.48 bits per heavy atom. The van der Waals surface area contributed by atoms with Crippen molar-refractivity contribution in [2.75, 3.05) is 33.0 Å². The molecule has 1 unspecified atom stereocenters. The number of methoxy groups -OCH3 is 1. The molecule has 5 heteroatoms. The zero-order valence-corrected chi connectivity index (χ0v) is 13.4. The lowest BCUT2D eigenvalue weighted by atomic mass is 9.96. The van der Waals surface area contributed by atoms with Crippen LogP contribution >= 0.6 is 11.8 Å². The van der Waals surface area contributed by atoms with Gasteiger partial charge < -0.3 is 14.7 Å². The van der Waals surface area contributed by atoms with Gasteiger partial charge in [0.05, 0.1) is 19.3 Å². The van der Waals surface area contributed by atoms with Crippen molar-refractivity contribution in [2.24, 2.45) is 0 Å². The Kier molecular flexibility index (Phi) is 5.51. The van der Waals surface area contributed by atoms with Gasteiger partial charge in [0.25, 0.3) is 0 Å². The molecule has 1 heterocycles. The first-order valence-electron chi connectivity index (χ1n) is 7.13. The molecule has 0 aromatic heterocycles. The quantitative estimate of drug-likeness (QED) is 0.905. The van der Waals surface area contributed by atoms with Gasteiger partial charge in [-0.2, -0.15) is 5.26 Å². The Bertz CT molecular complexity index is 507. The lowest BCUT2D eigenvalue weighted by Crippen LogP contribution is -2.43.